The van der Waals surface area contributed by atoms with Crippen LogP contribution in [0.1, 0.15) is 18.4 Å². The molecule has 1 atom stereocenters. The molecule has 10 heteroatoms. The summed E-state index contributed by atoms with van der Waals surface area (Å²) >= 11 is 6.23. The number of halogens is 2. The molecule has 0 saturated carbocycles. The number of sulfonamides is 1. The Morgan fingerprint density at radius 1 is 1.25 bits per heavy atom. The van der Waals surface area contributed by atoms with Crippen LogP contribution in [-0.4, -0.2) is 27.3 Å². The van der Waals surface area contributed by atoms with Gasteiger partial charge >= 0.3 is 6.09 Å². The van der Waals surface area contributed by atoms with Crippen LogP contribution in [0.3, 0.4) is 0 Å². The fourth-order valence-corrected chi connectivity index (χ4v) is 4.51. The fourth-order valence-electron chi connectivity index (χ4n) is 2.45. The van der Waals surface area contributed by atoms with Crippen molar-refractivity contribution in [2.24, 2.45) is 5.14 Å². The molecule has 1 fully saturated rings. The zero-order chi connectivity index (χ0) is 20.7. The van der Waals surface area contributed by atoms with Gasteiger partial charge in [0.2, 0.25) is 10.0 Å². The minimum absolute atomic E-state index is 0.0804. The summed E-state index contributed by atoms with van der Waals surface area (Å²) in [5.41, 5.74) is 1.87. The minimum Gasteiger partial charge on any atom is -0.430 e. The number of hydrogen-bond acceptors (Lipinski definition) is 5. The summed E-state index contributed by atoms with van der Waals surface area (Å²) in [5.74, 6) is 0. The Labute approximate surface area is 181 Å². The summed E-state index contributed by atoms with van der Waals surface area (Å²) in [5, 5.41) is 10.8. The number of nitrogens with two attached hydrogens (primary N) is 1. The lowest BCUT2D eigenvalue weighted by Crippen LogP contribution is -2.29. The van der Waals surface area contributed by atoms with Crippen LogP contribution in [-0.2, 0) is 14.8 Å². The first-order valence-corrected chi connectivity index (χ1v) is 11.5. The number of carbonyl (C=O) groups excluding carboxylic acids is 1. The van der Waals surface area contributed by atoms with Gasteiger partial charge in [-0.15, -0.1) is 0 Å². The van der Waals surface area contributed by atoms with Crippen LogP contribution in [0.4, 0.5) is 10.5 Å². The average molecular weight is 535 g/mol. The predicted octanol–water partition coefficient (Wildman–Crippen LogP) is 4.11. The molecule has 2 aromatic carbocycles. The van der Waals surface area contributed by atoms with Gasteiger partial charge in [-0.25, -0.2) is 18.4 Å². The van der Waals surface area contributed by atoms with E-state index in [2.05, 4.69) is 42.5 Å². The van der Waals surface area contributed by atoms with Gasteiger partial charge in [-0.3, -0.25) is 10.6 Å². The second-order valence-corrected chi connectivity index (χ2v) is 9.40. The highest BCUT2D eigenvalue weighted by Crippen LogP contribution is 2.24. The molecule has 1 unspecified atom stereocenters. The maximum absolute atomic E-state index is 11.5. The predicted molar refractivity (Wildman–Crippen MR) is 116 cm³/mol. The summed E-state index contributed by atoms with van der Waals surface area (Å²) in [6, 6.07) is 12.4. The van der Waals surface area contributed by atoms with Gasteiger partial charge in [0.05, 0.1) is 4.90 Å². The summed E-state index contributed by atoms with van der Waals surface area (Å²) in [7, 11) is -3.63. The standard InChI is InChI=1S/C12H16N2O2.C6H5Br2NO2S/c1-9-4-2-5-10(8-9)14-12(15)16-11-6-3-7-13-11;7-4-1-2-5(8)6(3-4)12(9,10)11/h2,4-5,8,11,13H,3,6-7H2,1H3,(H,14,15);1-3H,(H2,9,10,11). The number of carbonyl (C=O) groups is 1. The molecule has 1 aliphatic heterocycles. The van der Waals surface area contributed by atoms with Gasteiger partial charge in [0, 0.05) is 14.6 Å². The monoisotopic (exact) mass is 533 g/mol. The van der Waals surface area contributed by atoms with Crippen molar-refractivity contribution in [2.75, 3.05) is 11.9 Å². The van der Waals surface area contributed by atoms with E-state index in [-0.39, 0.29) is 11.1 Å². The van der Waals surface area contributed by atoms with Crippen molar-refractivity contribution < 1.29 is 17.9 Å². The number of aryl methyl sites for hydroxylation is 1. The number of ether oxygens (including phenoxy) is 1. The zero-order valence-corrected chi connectivity index (χ0v) is 19.1. The average Bonchev–Trinajstić information content (AvgIpc) is 3.09. The number of hydrogen-bond donors (Lipinski definition) is 3. The maximum atomic E-state index is 11.5. The van der Waals surface area contributed by atoms with Crippen LogP contribution in [0.25, 0.3) is 0 Å². The Hall–Kier alpha value is -1.46. The van der Waals surface area contributed by atoms with Crippen LogP contribution in [0.15, 0.2) is 56.3 Å². The molecule has 2 aromatic rings. The summed E-state index contributed by atoms with van der Waals surface area (Å²) < 4.78 is 28.2. The molecule has 1 amide bonds. The third-order valence-corrected chi connectivity index (χ3v) is 6.13. The van der Waals surface area contributed by atoms with Crippen molar-refractivity contribution in [3.63, 3.8) is 0 Å². The molecule has 0 spiro atoms. The summed E-state index contributed by atoms with van der Waals surface area (Å²) in [4.78, 5) is 11.6. The lowest BCUT2D eigenvalue weighted by atomic mass is 10.2. The van der Waals surface area contributed by atoms with Gasteiger partial charge in [-0.2, -0.15) is 0 Å². The van der Waals surface area contributed by atoms with Gasteiger partial charge in [0.1, 0.15) is 0 Å². The molecule has 1 saturated heterocycles. The lowest BCUT2D eigenvalue weighted by Gasteiger charge is -2.12. The maximum Gasteiger partial charge on any atom is 0.413 e. The zero-order valence-electron chi connectivity index (χ0n) is 15.1. The molecule has 0 bridgehead atoms. The number of nitrogens with one attached hydrogen (secondary N) is 2. The molecule has 0 aromatic heterocycles. The molecular weight excluding hydrogens is 514 g/mol. The Kier molecular flexibility index (Phi) is 8.44. The number of primary sulfonamides is 1. The SMILES string of the molecule is Cc1cccc(NC(=O)OC2CCCN2)c1.NS(=O)(=O)c1cc(Br)ccc1Br. The molecule has 0 aliphatic carbocycles. The van der Waals surface area contributed by atoms with E-state index in [1.165, 1.54) is 6.07 Å². The van der Waals surface area contributed by atoms with Gasteiger partial charge in [-0.05, 0) is 78.1 Å². The highest BCUT2D eigenvalue weighted by atomic mass is 79.9. The Morgan fingerprint density at radius 2 is 2.00 bits per heavy atom. The highest BCUT2D eigenvalue weighted by molar-refractivity contribution is 9.11. The van der Waals surface area contributed by atoms with Gasteiger partial charge in [-0.1, -0.05) is 28.1 Å². The quantitative estimate of drug-likeness (QED) is 0.548. The van der Waals surface area contributed by atoms with Crippen LogP contribution in [0.2, 0.25) is 0 Å². The van der Waals surface area contributed by atoms with Crippen molar-refractivity contribution in [2.45, 2.75) is 30.9 Å². The first-order chi connectivity index (χ1) is 13.1. The molecule has 1 aliphatic rings. The second kappa shape index (κ2) is 10.4. The van der Waals surface area contributed by atoms with Crippen LogP contribution < -0.4 is 15.8 Å². The van der Waals surface area contributed by atoms with Crippen molar-refractivity contribution in [1.29, 1.82) is 0 Å². The number of anilines is 1. The molecule has 0 radical (unpaired) electrons. The Bertz CT molecular complexity index is 932. The smallest absolute Gasteiger partial charge is 0.413 e. The van der Waals surface area contributed by atoms with E-state index in [4.69, 9.17) is 9.88 Å². The first-order valence-electron chi connectivity index (χ1n) is 8.40. The van der Waals surface area contributed by atoms with Crippen LogP contribution >= 0.6 is 31.9 Å². The highest BCUT2D eigenvalue weighted by Gasteiger charge is 2.18. The van der Waals surface area contributed by atoms with Crippen molar-refractivity contribution >= 4 is 53.7 Å². The number of rotatable bonds is 3. The molecule has 1 heterocycles. The van der Waals surface area contributed by atoms with Crippen molar-refractivity contribution in [3.05, 3.63) is 57.0 Å². The Balaban J connectivity index is 0.000000209. The van der Waals surface area contributed by atoms with Crippen molar-refractivity contribution in [3.8, 4) is 0 Å². The second-order valence-electron chi connectivity index (χ2n) is 6.10. The van der Waals surface area contributed by atoms with Crippen molar-refractivity contribution in [1.82, 2.24) is 5.32 Å². The molecule has 3 rings (SSSR count). The third kappa shape index (κ3) is 7.51. The van der Waals surface area contributed by atoms with Gasteiger partial charge in [0.25, 0.3) is 0 Å². The Morgan fingerprint density at radius 3 is 2.57 bits per heavy atom. The van der Waals surface area contributed by atoms with Gasteiger partial charge in [0.15, 0.2) is 6.23 Å². The van der Waals surface area contributed by atoms with E-state index in [1.807, 2.05) is 31.2 Å². The molecule has 28 heavy (non-hydrogen) atoms. The number of benzene rings is 2. The third-order valence-electron chi connectivity index (χ3n) is 3.73. The van der Waals surface area contributed by atoms with E-state index < -0.39 is 16.1 Å². The largest absolute Gasteiger partial charge is 0.430 e. The first kappa shape index (κ1) is 22.8. The van der Waals surface area contributed by atoms with E-state index in [9.17, 15) is 13.2 Å². The topological polar surface area (TPSA) is 111 Å². The molecule has 4 N–H and O–H groups in total. The normalized spacial score (nSPS) is 16.1. The van der Waals surface area contributed by atoms with E-state index in [0.717, 1.165) is 30.6 Å². The van der Waals surface area contributed by atoms with E-state index >= 15 is 0 Å². The number of amides is 1. The van der Waals surface area contributed by atoms with Crippen LogP contribution in [0.5, 0.6) is 0 Å². The van der Waals surface area contributed by atoms with E-state index in [0.29, 0.717) is 8.95 Å². The summed E-state index contributed by atoms with van der Waals surface area (Å²) in [6.07, 6.45) is 1.42. The fraction of sp³-hybridized carbons (Fsp3) is 0.278. The molecule has 152 valence electrons. The lowest BCUT2D eigenvalue weighted by molar-refractivity contribution is 0.102. The summed E-state index contributed by atoms with van der Waals surface area (Å²) in [6.45, 7) is 2.90. The minimum atomic E-state index is -3.63. The van der Waals surface area contributed by atoms with Crippen LogP contribution in [0, 0.1) is 6.92 Å². The van der Waals surface area contributed by atoms with E-state index in [1.54, 1.807) is 12.1 Å². The van der Waals surface area contributed by atoms with Gasteiger partial charge < -0.3 is 4.74 Å². The molecular formula is C18H21Br2N3O4S. The molecule has 7 nitrogen and oxygen atoms in total.